The number of aliphatic hydroxyl groups is 1. The van der Waals surface area contributed by atoms with E-state index >= 15 is 0 Å². The summed E-state index contributed by atoms with van der Waals surface area (Å²) in [6.45, 7) is 0.912. The Kier molecular flexibility index (Phi) is 4.59. The molecule has 0 heterocycles. The number of aliphatic hydroxyl groups excluding tert-OH is 1. The lowest BCUT2D eigenvalue weighted by Crippen LogP contribution is -2.28. The van der Waals surface area contributed by atoms with Gasteiger partial charge in [-0.15, -0.1) is 0 Å². The first-order valence-electron chi connectivity index (χ1n) is 6.66. The van der Waals surface area contributed by atoms with Crippen molar-refractivity contribution in [2.75, 3.05) is 20.2 Å². The van der Waals surface area contributed by atoms with E-state index in [-0.39, 0.29) is 12.5 Å². The Morgan fingerprint density at radius 3 is 2.95 bits per heavy atom. The number of rotatable bonds is 4. The maximum atomic E-state index is 12.2. The highest BCUT2D eigenvalue weighted by atomic mass is 16.2. The van der Waals surface area contributed by atoms with Gasteiger partial charge in [0.05, 0.1) is 6.61 Å². The zero-order valence-electron chi connectivity index (χ0n) is 11.2. The maximum Gasteiger partial charge on any atom is 0.253 e. The van der Waals surface area contributed by atoms with Crippen molar-refractivity contribution < 1.29 is 9.90 Å². The van der Waals surface area contributed by atoms with Crippen LogP contribution in [0.15, 0.2) is 24.3 Å². The number of amides is 1. The van der Waals surface area contributed by atoms with Crippen molar-refractivity contribution in [3.63, 3.8) is 0 Å². The molecular weight excluding hydrogens is 238 g/mol. The summed E-state index contributed by atoms with van der Waals surface area (Å²) in [5.41, 5.74) is 1.50. The topological polar surface area (TPSA) is 40.5 Å². The van der Waals surface area contributed by atoms with Crippen LogP contribution in [0.3, 0.4) is 0 Å². The Hall–Kier alpha value is -1.79. The first kappa shape index (κ1) is 13.6. The molecule has 100 valence electrons. The molecule has 0 saturated heterocycles. The minimum absolute atomic E-state index is 0.0534. The van der Waals surface area contributed by atoms with Crippen molar-refractivity contribution in [1.29, 1.82) is 0 Å². The predicted octanol–water partition coefficient (Wildman–Crippen LogP) is 1.90. The third-order valence-electron chi connectivity index (χ3n) is 3.15. The normalized spacial score (nSPS) is 13.6. The molecule has 1 aliphatic carbocycles. The second-order valence-electron chi connectivity index (χ2n) is 4.99. The fourth-order valence-corrected chi connectivity index (χ4v) is 1.94. The minimum atomic E-state index is 0.0534. The lowest BCUT2D eigenvalue weighted by molar-refractivity contribution is 0.0788. The van der Waals surface area contributed by atoms with Gasteiger partial charge < -0.3 is 10.0 Å². The van der Waals surface area contributed by atoms with Gasteiger partial charge in [0.1, 0.15) is 0 Å². The van der Waals surface area contributed by atoms with E-state index < -0.39 is 0 Å². The Morgan fingerprint density at radius 2 is 2.26 bits per heavy atom. The van der Waals surface area contributed by atoms with E-state index in [0.29, 0.717) is 17.9 Å². The van der Waals surface area contributed by atoms with E-state index in [4.69, 9.17) is 5.11 Å². The molecule has 1 aliphatic rings. The molecule has 3 heteroatoms. The first-order chi connectivity index (χ1) is 9.20. The molecule has 1 N–H and O–H groups in total. The number of nitrogens with zero attached hydrogens (tertiary/aromatic N) is 1. The van der Waals surface area contributed by atoms with Crippen molar-refractivity contribution in [3.05, 3.63) is 35.4 Å². The fourth-order valence-electron chi connectivity index (χ4n) is 1.94. The summed E-state index contributed by atoms with van der Waals surface area (Å²) in [6, 6.07) is 7.36. The summed E-state index contributed by atoms with van der Waals surface area (Å²) in [5.74, 6) is 6.57. The lowest BCUT2D eigenvalue weighted by Gasteiger charge is -2.16. The van der Waals surface area contributed by atoms with Gasteiger partial charge in [0, 0.05) is 31.1 Å². The third-order valence-corrected chi connectivity index (χ3v) is 3.15. The van der Waals surface area contributed by atoms with E-state index in [9.17, 15) is 4.79 Å². The quantitative estimate of drug-likeness (QED) is 0.837. The summed E-state index contributed by atoms with van der Waals surface area (Å²) < 4.78 is 0. The lowest BCUT2D eigenvalue weighted by atomic mass is 10.1. The molecule has 1 aromatic rings. The molecule has 1 saturated carbocycles. The summed E-state index contributed by atoms with van der Waals surface area (Å²) in [6.07, 6.45) is 2.94. The van der Waals surface area contributed by atoms with E-state index in [0.717, 1.165) is 12.1 Å². The van der Waals surface area contributed by atoms with Crippen molar-refractivity contribution in [2.24, 2.45) is 5.92 Å². The molecule has 1 amide bonds. The summed E-state index contributed by atoms with van der Waals surface area (Å²) in [5, 5.41) is 8.69. The van der Waals surface area contributed by atoms with Gasteiger partial charge in [-0.3, -0.25) is 4.79 Å². The average molecular weight is 257 g/mol. The molecule has 0 radical (unpaired) electrons. The molecule has 0 spiro atoms. The van der Waals surface area contributed by atoms with Crippen molar-refractivity contribution >= 4 is 5.91 Å². The highest BCUT2D eigenvalue weighted by Gasteiger charge is 2.25. The second kappa shape index (κ2) is 6.40. The van der Waals surface area contributed by atoms with Gasteiger partial charge in [0.15, 0.2) is 0 Å². The molecule has 3 nitrogen and oxygen atoms in total. The number of carbonyl (C=O) groups is 1. The molecule has 0 unspecified atom stereocenters. The van der Waals surface area contributed by atoms with Gasteiger partial charge in [0.2, 0.25) is 0 Å². The number of hydrogen-bond acceptors (Lipinski definition) is 2. The largest absolute Gasteiger partial charge is 0.395 e. The monoisotopic (exact) mass is 257 g/mol. The molecule has 0 aliphatic heterocycles. The molecule has 19 heavy (non-hydrogen) atoms. The van der Waals surface area contributed by atoms with Crippen molar-refractivity contribution in [3.8, 4) is 11.8 Å². The Balaban J connectivity index is 2.04. The van der Waals surface area contributed by atoms with Crippen molar-refractivity contribution in [1.82, 2.24) is 4.90 Å². The summed E-state index contributed by atoms with van der Waals surface area (Å²) in [4.78, 5) is 14.0. The first-order valence-corrected chi connectivity index (χ1v) is 6.66. The van der Waals surface area contributed by atoms with Crippen LogP contribution in [0, 0.1) is 17.8 Å². The van der Waals surface area contributed by atoms with Crippen LogP contribution in [0.1, 0.15) is 35.2 Å². The van der Waals surface area contributed by atoms with Crippen LogP contribution < -0.4 is 0 Å². The van der Waals surface area contributed by atoms with Crippen molar-refractivity contribution in [2.45, 2.75) is 19.3 Å². The number of hydrogen-bond donors (Lipinski definition) is 1. The number of benzene rings is 1. The van der Waals surface area contributed by atoms with Gasteiger partial charge in [0.25, 0.3) is 5.91 Å². The van der Waals surface area contributed by atoms with Gasteiger partial charge in [-0.25, -0.2) is 0 Å². The molecule has 0 aromatic heterocycles. The second-order valence-corrected chi connectivity index (χ2v) is 4.99. The molecule has 1 fully saturated rings. The van der Waals surface area contributed by atoms with Crippen LogP contribution in [0.5, 0.6) is 0 Å². The van der Waals surface area contributed by atoms with E-state index in [1.807, 2.05) is 31.3 Å². The van der Waals surface area contributed by atoms with Crippen LogP contribution in [-0.4, -0.2) is 36.1 Å². The van der Waals surface area contributed by atoms with Gasteiger partial charge in [-0.2, -0.15) is 0 Å². The SMILES string of the molecule is CN(CC1CC1)C(=O)c1cccc(C#CCCO)c1. The molecule has 0 bridgehead atoms. The predicted molar refractivity (Wildman–Crippen MR) is 74.7 cm³/mol. The van der Waals surface area contributed by atoms with Gasteiger partial charge in [-0.05, 0) is 37.0 Å². The van der Waals surface area contributed by atoms with Crippen LogP contribution in [0.25, 0.3) is 0 Å². The molecule has 0 atom stereocenters. The van der Waals surface area contributed by atoms with E-state index in [2.05, 4.69) is 11.8 Å². The third kappa shape index (κ3) is 4.11. The van der Waals surface area contributed by atoms with Crippen LogP contribution in [0.4, 0.5) is 0 Å². The standard InChI is InChI=1S/C16H19NO2/c1-17(12-14-8-9-14)16(19)15-7-4-6-13(11-15)5-2-3-10-18/h4,6-7,11,14,18H,3,8-10,12H2,1H3. The summed E-state index contributed by atoms with van der Waals surface area (Å²) in [7, 11) is 1.85. The highest BCUT2D eigenvalue weighted by Crippen LogP contribution is 2.29. The van der Waals surface area contributed by atoms with Crippen LogP contribution >= 0.6 is 0 Å². The Labute approximate surface area is 114 Å². The van der Waals surface area contributed by atoms with Gasteiger partial charge in [-0.1, -0.05) is 17.9 Å². The highest BCUT2D eigenvalue weighted by molar-refractivity contribution is 5.94. The van der Waals surface area contributed by atoms with Crippen LogP contribution in [0.2, 0.25) is 0 Å². The Morgan fingerprint density at radius 1 is 1.47 bits per heavy atom. The van der Waals surface area contributed by atoms with Gasteiger partial charge >= 0.3 is 0 Å². The smallest absolute Gasteiger partial charge is 0.253 e. The molecule has 2 rings (SSSR count). The number of carbonyl (C=O) groups excluding carboxylic acids is 1. The van der Waals surface area contributed by atoms with Crippen LogP contribution in [-0.2, 0) is 0 Å². The van der Waals surface area contributed by atoms with E-state index in [1.165, 1.54) is 12.8 Å². The Bertz CT molecular complexity index is 509. The molecule has 1 aromatic carbocycles. The maximum absolute atomic E-state index is 12.2. The fraction of sp³-hybridized carbons (Fsp3) is 0.438. The summed E-state index contributed by atoms with van der Waals surface area (Å²) >= 11 is 0. The average Bonchev–Trinajstić information content (AvgIpc) is 3.22. The molecular formula is C16H19NO2. The zero-order chi connectivity index (χ0) is 13.7. The van der Waals surface area contributed by atoms with E-state index in [1.54, 1.807) is 4.90 Å². The minimum Gasteiger partial charge on any atom is -0.395 e. The zero-order valence-corrected chi connectivity index (χ0v) is 11.2.